The van der Waals surface area contributed by atoms with E-state index in [1.807, 2.05) is 18.2 Å². The predicted molar refractivity (Wildman–Crippen MR) is 66.5 cm³/mol. The molecular formula is C12H9Cl2NO. The van der Waals surface area contributed by atoms with Crippen LogP contribution in [-0.4, -0.2) is 4.57 Å². The van der Waals surface area contributed by atoms with Crippen LogP contribution in [-0.2, 0) is 13.0 Å². The standard InChI is InChI=1S/C12H9Cl2NO/c13-9-8-5-1-3-7-4-2-6-15(11(7)8)12(16)10(9)14/h1,3,5H,2,4,6H2. The summed E-state index contributed by atoms with van der Waals surface area (Å²) in [6.07, 6.45) is 1.97. The number of benzene rings is 1. The van der Waals surface area contributed by atoms with Gasteiger partial charge in [-0.1, -0.05) is 41.4 Å². The topological polar surface area (TPSA) is 22.0 Å². The van der Waals surface area contributed by atoms with Crippen molar-refractivity contribution in [3.8, 4) is 0 Å². The molecule has 0 aliphatic carbocycles. The second-order valence-corrected chi connectivity index (χ2v) is 4.76. The van der Waals surface area contributed by atoms with Crippen LogP contribution in [0.15, 0.2) is 23.0 Å². The van der Waals surface area contributed by atoms with E-state index in [1.165, 1.54) is 5.56 Å². The lowest BCUT2D eigenvalue weighted by Gasteiger charge is -2.20. The van der Waals surface area contributed by atoms with Crippen LogP contribution in [0.3, 0.4) is 0 Å². The van der Waals surface area contributed by atoms with Gasteiger partial charge >= 0.3 is 0 Å². The van der Waals surface area contributed by atoms with Crippen molar-refractivity contribution in [1.29, 1.82) is 0 Å². The highest BCUT2D eigenvalue weighted by atomic mass is 35.5. The summed E-state index contributed by atoms with van der Waals surface area (Å²) in [5.74, 6) is 0. The van der Waals surface area contributed by atoms with E-state index in [0.29, 0.717) is 5.02 Å². The molecule has 2 aromatic rings. The molecule has 1 aromatic carbocycles. The Hall–Kier alpha value is -0.990. The Balaban J connectivity index is 2.62. The molecule has 1 aliphatic rings. The molecular weight excluding hydrogens is 245 g/mol. The minimum absolute atomic E-state index is 0.133. The number of nitrogens with zero attached hydrogens (tertiary/aromatic N) is 1. The van der Waals surface area contributed by atoms with E-state index in [1.54, 1.807) is 4.57 Å². The number of hydrogen-bond acceptors (Lipinski definition) is 1. The Morgan fingerprint density at radius 2 is 2.00 bits per heavy atom. The number of aromatic nitrogens is 1. The first-order valence-electron chi connectivity index (χ1n) is 5.19. The highest BCUT2D eigenvalue weighted by Crippen LogP contribution is 2.32. The lowest BCUT2D eigenvalue weighted by atomic mass is 10.0. The second-order valence-electron chi connectivity index (χ2n) is 4.00. The van der Waals surface area contributed by atoms with Crippen LogP contribution in [0.4, 0.5) is 0 Å². The molecule has 0 saturated heterocycles. The minimum atomic E-state index is -0.175. The van der Waals surface area contributed by atoms with Crippen LogP contribution >= 0.6 is 23.2 Å². The lowest BCUT2D eigenvalue weighted by Crippen LogP contribution is -2.25. The number of pyridine rings is 1. The first-order valence-corrected chi connectivity index (χ1v) is 5.95. The van der Waals surface area contributed by atoms with Crippen molar-refractivity contribution in [2.45, 2.75) is 19.4 Å². The molecule has 0 atom stereocenters. The molecule has 0 bridgehead atoms. The van der Waals surface area contributed by atoms with E-state index < -0.39 is 0 Å². The van der Waals surface area contributed by atoms with Gasteiger partial charge in [-0.3, -0.25) is 4.79 Å². The van der Waals surface area contributed by atoms with Gasteiger partial charge in [0.1, 0.15) is 5.02 Å². The van der Waals surface area contributed by atoms with Crippen molar-refractivity contribution in [2.75, 3.05) is 0 Å². The highest BCUT2D eigenvalue weighted by molar-refractivity contribution is 6.45. The number of halogens is 2. The Bertz CT molecular complexity index is 645. The van der Waals surface area contributed by atoms with Gasteiger partial charge in [-0.25, -0.2) is 0 Å². The van der Waals surface area contributed by atoms with Crippen LogP contribution < -0.4 is 5.56 Å². The smallest absolute Gasteiger partial charge is 0.271 e. The second kappa shape index (κ2) is 3.51. The normalized spacial score (nSPS) is 14.4. The molecule has 16 heavy (non-hydrogen) atoms. The largest absolute Gasteiger partial charge is 0.307 e. The van der Waals surface area contributed by atoms with Gasteiger partial charge in [0.05, 0.1) is 10.5 Å². The molecule has 0 unspecified atom stereocenters. The molecule has 0 radical (unpaired) electrons. The van der Waals surface area contributed by atoms with Gasteiger partial charge in [0, 0.05) is 11.9 Å². The maximum Gasteiger partial charge on any atom is 0.271 e. The van der Waals surface area contributed by atoms with Crippen molar-refractivity contribution in [1.82, 2.24) is 4.57 Å². The first-order chi connectivity index (χ1) is 7.70. The molecule has 4 heteroatoms. The van der Waals surface area contributed by atoms with Gasteiger partial charge in [0.25, 0.3) is 5.56 Å². The van der Waals surface area contributed by atoms with Crippen LogP contribution in [0.25, 0.3) is 10.9 Å². The lowest BCUT2D eigenvalue weighted by molar-refractivity contribution is 0.616. The zero-order chi connectivity index (χ0) is 11.3. The number of para-hydroxylation sites is 1. The number of hydrogen-bond donors (Lipinski definition) is 0. The van der Waals surface area contributed by atoms with E-state index in [4.69, 9.17) is 23.2 Å². The van der Waals surface area contributed by atoms with Crippen molar-refractivity contribution >= 4 is 34.1 Å². The molecule has 0 amide bonds. The molecule has 0 N–H and O–H groups in total. The molecule has 0 saturated carbocycles. The Labute approximate surface area is 102 Å². The fourth-order valence-corrected chi connectivity index (χ4v) is 2.80. The summed E-state index contributed by atoms with van der Waals surface area (Å²) >= 11 is 12.1. The third kappa shape index (κ3) is 1.23. The van der Waals surface area contributed by atoms with E-state index in [9.17, 15) is 4.79 Å². The fraction of sp³-hybridized carbons (Fsp3) is 0.250. The van der Waals surface area contributed by atoms with Gasteiger partial charge in [-0.05, 0) is 18.4 Å². The zero-order valence-electron chi connectivity index (χ0n) is 8.46. The first kappa shape index (κ1) is 10.2. The minimum Gasteiger partial charge on any atom is -0.307 e. The van der Waals surface area contributed by atoms with Crippen molar-refractivity contribution < 1.29 is 0 Å². The fourth-order valence-electron chi connectivity index (χ4n) is 2.36. The summed E-state index contributed by atoms with van der Waals surface area (Å²) in [7, 11) is 0. The van der Waals surface area contributed by atoms with Crippen LogP contribution in [0.1, 0.15) is 12.0 Å². The average molecular weight is 254 g/mol. The Morgan fingerprint density at radius 3 is 2.81 bits per heavy atom. The molecule has 0 fully saturated rings. The summed E-state index contributed by atoms with van der Waals surface area (Å²) in [5.41, 5.74) is 1.96. The quantitative estimate of drug-likeness (QED) is 0.707. The van der Waals surface area contributed by atoms with Gasteiger partial charge in [0.2, 0.25) is 0 Å². The molecule has 3 rings (SSSR count). The molecule has 1 aromatic heterocycles. The molecule has 82 valence electrons. The number of aryl methyl sites for hydroxylation is 2. The molecule has 2 heterocycles. The maximum absolute atomic E-state index is 12.0. The SMILES string of the molecule is O=c1c(Cl)c(Cl)c2cccc3c2n1CCC3. The van der Waals surface area contributed by atoms with E-state index in [2.05, 4.69) is 0 Å². The van der Waals surface area contributed by atoms with Crippen LogP contribution in [0.2, 0.25) is 10.0 Å². The average Bonchev–Trinajstić information content (AvgIpc) is 2.33. The number of rotatable bonds is 0. The van der Waals surface area contributed by atoms with Crippen molar-refractivity contribution in [2.24, 2.45) is 0 Å². The van der Waals surface area contributed by atoms with Crippen molar-refractivity contribution in [3.05, 3.63) is 44.2 Å². The summed E-state index contributed by atoms with van der Waals surface area (Å²) in [5, 5.41) is 1.39. The van der Waals surface area contributed by atoms with Crippen LogP contribution in [0, 0.1) is 0 Å². The Kier molecular flexibility index (Phi) is 2.23. The predicted octanol–water partition coefficient (Wildman–Crippen LogP) is 3.25. The summed E-state index contributed by atoms with van der Waals surface area (Å²) < 4.78 is 1.74. The molecule has 1 aliphatic heterocycles. The van der Waals surface area contributed by atoms with Gasteiger partial charge in [-0.15, -0.1) is 0 Å². The monoisotopic (exact) mass is 253 g/mol. The summed E-state index contributed by atoms with van der Waals surface area (Å²) in [6.45, 7) is 0.725. The Morgan fingerprint density at radius 1 is 1.19 bits per heavy atom. The summed E-state index contributed by atoms with van der Waals surface area (Å²) in [6, 6.07) is 5.91. The highest BCUT2D eigenvalue weighted by Gasteiger charge is 2.18. The molecule has 2 nitrogen and oxygen atoms in total. The van der Waals surface area contributed by atoms with Crippen molar-refractivity contribution in [3.63, 3.8) is 0 Å². The third-order valence-electron chi connectivity index (χ3n) is 3.08. The molecule has 0 spiro atoms. The summed E-state index contributed by atoms with van der Waals surface area (Å²) in [4.78, 5) is 12.0. The van der Waals surface area contributed by atoms with Gasteiger partial charge < -0.3 is 4.57 Å². The van der Waals surface area contributed by atoms with E-state index in [0.717, 1.165) is 30.3 Å². The van der Waals surface area contributed by atoms with Gasteiger partial charge in [-0.2, -0.15) is 0 Å². The zero-order valence-corrected chi connectivity index (χ0v) is 9.98. The van der Waals surface area contributed by atoms with E-state index in [-0.39, 0.29) is 10.6 Å². The third-order valence-corrected chi connectivity index (χ3v) is 3.92. The van der Waals surface area contributed by atoms with Gasteiger partial charge in [0.15, 0.2) is 0 Å². The maximum atomic E-state index is 12.0. The van der Waals surface area contributed by atoms with E-state index >= 15 is 0 Å². The van der Waals surface area contributed by atoms with Crippen LogP contribution in [0.5, 0.6) is 0 Å².